The number of nitrogens with one attached hydrogen (secondary N) is 2. The monoisotopic (exact) mass is 434 g/mol. The van der Waals surface area contributed by atoms with Crippen molar-refractivity contribution < 1.29 is 14.7 Å². The molecule has 1 aliphatic carbocycles. The lowest BCUT2D eigenvalue weighted by Crippen LogP contribution is -2.48. The zero-order valence-electron chi connectivity index (χ0n) is 17.4. The quantitative estimate of drug-likeness (QED) is 0.586. The molecular weight excluding hydrogens is 407 g/mol. The van der Waals surface area contributed by atoms with Gasteiger partial charge in [0.1, 0.15) is 6.04 Å². The molecule has 160 valence electrons. The molecule has 6 heteroatoms. The summed E-state index contributed by atoms with van der Waals surface area (Å²) in [6.45, 7) is 2.03. The molecule has 0 unspecified atom stereocenters. The maximum absolute atomic E-state index is 12.8. The van der Waals surface area contributed by atoms with Gasteiger partial charge in [-0.25, -0.2) is 0 Å². The third-order valence-corrected chi connectivity index (χ3v) is 8.48. The van der Waals surface area contributed by atoms with Gasteiger partial charge in [0.25, 0.3) is 0 Å². The minimum atomic E-state index is -0.899. The molecule has 31 heavy (non-hydrogen) atoms. The summed E-state index contributed by atoms with van der Waals surface area (Å²) in [6.07, 6.45) is 7.44. The Labute approximate surface area is 184 Å². The van der Waals surface area contributed by atoms with Gasteiger partial charge in [-0.3, -0.25) is 14.9 Å². The van der Waals surface area contributed by atoms with E-state index in [-0.39, 0.29) is 17.9 Å². The van der Waals surface area contributed by atoms with Crippen molar-refractivity contribution in [3.8, 4) is 0 Å². The van der Waals surface area contributed by atoms with Gasteiger partial charge in [0.2, 0.25) is 5.91 Å². The van der Waals surface area contributed by atoms with Gasteiger partial charge in [-0.15, -0.1) is 0 Å². The van der Waals surface area contributed by atoms with E-state index in [4.69, 9.17) is 0 Å². The predicted octanol–water partition coefficient (Wildman–Crippen LogP) is 2.90. The standard InChI is InChI=1S/C25H27N2O3P/c1-17(26-24(28)21-15-16-22(27-21)25(29)30)20-13-8-14-23(20)31(18-9-4-2-5-10-18)19-11-6-3-7-12-19/h2-14,17,20-22,27H,15-16H2,1H3,(H,26,28)(H,29,30)/t17-,20+,21-,22-/m1/s1. The van der Waals surface area contributed by atoms with E-state index in [1.54, 1.807) is 0 Å². The maximum atomic E-state index is 12.8. The molecule has 5 nitrogen and oxygen atoms in total. The number of carboxylic acid groups (broad SMARTS) is 1. The fourth-order valence-corrected chi connectivity index (χ4v) is 6.97. The highest BCUT2D eigenvalue weighted by molar-refractivity contribution is 7.76. The first-order valence-corrected chi connectivity index (χ1v) is 12.0. The van der Waals surface area contributed by atoms with E-state index in [1.165, 1.54) is 15.9 Å². The predicted molar refractivity (Wildman–Crippen MR) is 125 cm³/mol. The van der Waals surface area contributed by atoms with Gasteiger partial charge in [-0.2, -0.15) is 0 Å². The highest BCUT2D eigenvalue weighted by Crippen LogP contribution is 2.49. The van der Waals surface area contributed by atoms with Crippen LogP contribution in [-0.4, -0.2) is 35.1 Å². The van der Waals surface area contributed by atoms with Crippen molar-refractivity contribution in [3.63, 3.8) is 0 Å². The molecule has 2 aromatic carbocycles. The third kappa shape index (κ3) is 4.79. The van der Waals surface area contributed by atoms with Crippen LogP contribution in [0.1, 0.15) is 19.8 Å². The SMILES string of the molecule is C[C@@H](NC(=O)[C@H]1CC[C@H](C(=O)O)N1)[C@@H]1C=CC=C1P(c1ccccc1)c1ccccc1. The number of hydrogen-bond donors (Lipinski definition) is 3. The molecule has 2 aliphatic rings. The topological polar surface area (TPSA) is 78.4 Å². The van der Waals surface area contributed by atoms with Crippen molar-refractivity contribution in [2.75, 3.05) is 0 Å². The Morgan fingerprint density at radius 3 is 2.13 bits per heavy atom. The Balaban J connectivity index is 1.52. The van der Waals surface area contributed by atoms with Crippen LogP contribution >= 0.6 is 7.92 Å². The van der Waals surface area contributed by atoms with Gasteiger partial charge in [0, 0.05) is 12.0 Å². The summed E-state index contributed by atoms with van der Waals surface area (Å²) in [6, 6.07) is 19.8. The van der Waals surface area contributed by atoms with Crippen LogP contribution in [0.2, 0.25) is 0 Å². The molecule has 0 bridgehead atoms. The highest BCUT2D eigenvalue weighted by atomic mass is 31.1. The molecule has 0 radical (unpaired) electrons. The molecule has 2 aromatic rings. The van der Waals surface area contributed by atoms with Crippen molar-refractivity contribution in [1.82, 2.24) is 10.6 Å². The van der Waals surface area contributed by atoms with Crippen molar-refractivity contribution in [2.45, 2.75) is 37.9 Å². The van der Waals surface area contributed by atoms with E-state index in [2.05, 4.69) is 77.4 Å². The van der Waals surface area contributed by atoms with Crippen LogP contribution in [0.5, 0.6) is 0 Å². The number of carbonyl (C=O) groups excluding carboxylic acids is 1. The number of carbonyl (C=O) groups is 2. The van der Waals surface area contributed by atoms with Crippen LogP contribution in [0, 0.1) is 5.92 Å². The third-order valence-electron chi connectivity index (χ3n) is 5.88. The van der Waals surface area contributed by atoms with E-state index in [1.807, 2.05) is 19.1 Å². The first-order valence-electron chi connectivity index (χ1n) is 10.6. The average Bonchev–Trinajstić information content (AvgIpc) is 3.46. The largest absolute Gasteiger partial charge is 0.480 e. The number of allylic oxidation sites excluding steroid dienone is 2. The normalized spacial score (nSPS) is 23.5. The van der Waals surface area contributed by atoms with Crippen LogP contribution in [0.3, 0.4) is 0 Å². The van der Waals surface area contributed by atoms with Gasteiger partial charge in [0.15, 0.2) is 0 Å². The second kappa shape index (κ2) is 9.59. The number of benzene rings is 2. The van der Waals surface area contributed by atoms with Crippen molar-refractivity contribution in [1.29, 1.82) is 0 Å². The molecule has 3 N–H and O–H groups in total. The lowest BCUT2D eigenvalue weighted by molar-refractivity contribution is -0.139. The Morgan fingerprint density at radius 1 is 1.00 bits per heavy atom. The minimum absolute atomic E-state index is 0.0900. The first-order chi connectivity index (χ1) is 15.0. The maximum Gasteiger partial charge on any atom is 0.320 e. The summed E-state index contributed by atoms with van der Waals surface area (Å²) in [4.78, 5) is 24.0. The molecule has 1 aliphatic heterocycles. The summed E-state index contributed by atoms with van der Waals surface area (Å²) in [7, 11) is -0.721. The molecule has 0 spiro atoms. The summed E-state index contributed by atoms with van der Waals surface area (Å²) in [5, 5.41) is 19.1. The van der Waals surface area contributed by atoms with Crippen molar-refractivity contribution in [2.24, 2.45) is 5.92 Å². The lowest BCUT2D eigenvalue weighted by Gasteiger charge is -2.30. The first kappa shape index (κ1) is 21.5. The number of carboxylic acids is 1. The Bertz CT molecular complexity index is 951. The highest BCUT2D eigenvalue weighted by Gasteiger charge is 2.35. The van der Waals surface area contributed by atoms with Crippen LogP contribution in [0.25, 0.3) is 0 Å². The number of rotatable bonds is 7. The van der Waals surface area contributed by atoms with Gasteiger partial charge < -0.3 is 10.4 Å². The molecule has 1 fully saturated rings. The van der Waals surface area contributed by atoms with E-state index >= 15 is 0 Å². The molecule has 1 heterocycles. The zero-order valence-corrected chi connectivity index (χ0v) is 18.3. The van der Waals surface area contributed by atoms with E-state index < -0.39 is 26.0 Å². The fourth-order valence-electron chi connectivity index (χ4n) is 4.29. The molecular formula is C25H27N2O3P. The summed E-state index contributed by atoms with van der Waals surface area (Å²) >= 11 is 0. The van der Waals surface area contributed by atoms with E-state index in [0.29, 0.717) is 12.8 Å². The minimum Gasteiger partial charge on any atom is -0.480 e. The Kier molecular flexibility index (Phi) is 6.64. The van der Waals surface area contributed by atoms with Crippen molar-refractivity contribution >= 4 is 30.4 Å². The van der Waals surface area contributed by atoms with E-state index in [0.717, 1.165) is 0 Å². The van der Waals surface area contributed by atoms with Crippen LogP contribution < -0.4 is 21.2 Å². The average molecular weight is 434 g/mol. The summed E-state index contributed by atoms with van der Waals surface area (Å²) in [5.41, 5.74) is 0. The Morgan fingerprint density at radius 2 is 1.58 bits per heavy atom. The Hall–Kier alpha value is -2.75. The summed E-state index contributed by atoms with van der Waals surface area (Å²) < 4.78 is 0. The van der Waals surface area contributed by atoms with Crippen LogP contribution in [0.4, 0.5) is 0 Å². The van der Waals surface area contributed by atoms with Crippen molar-refractivity contribution in [3.05, 3.63) is 84.2 Å². The fraction of sp³-hybridized carbons (Fsp3) is 0.280. The molecule has 4 rings (SSSR count). The number of amides is 1. The smallest absolute Gasteiger partial charge is 0.320 e. The number of aliphatic carboxylic acids is 1. The second-order valence-electron chi connectivity index (χ2n) is 7.99. The molecule has 4 atom stereocenters. The molecule has 1 amide bonds. The summed E-state index contributed by atoms with van der Waals surface area (Å²) in [5.74, 6) is -0.935. The van der Waals surface area contributed by atoms with Gasteiger partial charge in [-0.1, -0.05) is 78.9 Å². The zero-order chi connectivity index (χ0) is 21.8. The van der Waals surface area contributed by atoms with Crippen LogP contribution in [-0.2, 0) is 9.59 Å². The van der Waals surface area contributed by atoms with Gasteiger partial charge in [0.05, 0.1) is 6.04 Å². The lowest BCUT2D eigenvalue weighted by atomic mass is 10.0. The molecule has 0 saturated carbocycles. The molecule has 1 saturated heterocycles. The van der Waals surface area contributed by atoms with Gasteiger partial charge in [-0.05, 0) is 43.6 Å². The molecule has 0 aromatic heterocycles. The number of hydrogen-bond acceptors (Lipinski definition) is 3. The van der Waals surface area contributed by atoms with E-state index in [9.17, 15) is 14.7 Å². The second-order valence-corrected chi connectivity index (χ2v) is 10.2. The van der Waals surface area contributed by atoms with Crippen LogP contribution in [0.15, 0.2) is 84.2 Å². The van der Waals surface area contributed by atoms with Gasteiger partial charge >= 0.3 is 5.97 Å².